The molecule has 1 atom stereocenters. The largest absolute Gasteiger partial charge is 0.459 e. The monoisotopic (exact) mass is 416 g/mol. The number of carbonyl (C=O) groups is 1. The van der Waals surface area contributed by atoms with E-state index in [1.165, 1.54) is 0 Å². The Morgan fingerprint density at radius 1 is 1.24 bits per heavy atom. The first-order chi connectivity index (χ1) is 11.3. The molecule has 3 N–H and O–H groups in total. The summed E-state index contributed by atoms with van der Waals surface area (Å²) in [5, 5.41) is 28.2. The van der Waals surface area contributed by atoms with Gasteiger partial charge in [-0.25, -0.2) is 0 Å². The fraction of sp³-hybridized carbons (Fsp3) is 0.611. The van der Waals surface area contributed by atoms with Crippen LogP contribution in [0.4, 0.5) is 0 Å². The molecule has 2 rings (SSSR count). The Morgan fingerprint density at radius 2 is 1.84 bits per heavy atom. The van der Waals surface area contributed by atoms with Gasteiger partial charge in [-0.1, -0.05) is 34.5 Å². The highest BCUT2D eigenvalue weighted by Crippen LogP contribution is 2.54. The van der Waals surface area contributed by atoms with Crippen molar-refractivity contribution in [3.63, 3.8) is 0 Å². The number of ether oxygens (including phenoxy) is 2. The fourth-order valence-electron chi connectivity index (χ4n) is 2.94. The summed E-state index contributed by atoms with van der Waals surface area (Å²) in [5.74, 6) is -0.475. The summed E-state index contributed by atoms with van der Waals surface area (Å²) >= 11 is 3.43. The Hall–Kier alpha value is -0.990. The van der Waals surface area contributed by atoms with Crippen LogP contribution in [0.3, 0.4) is 0 Å². The topological polar surface area (TPSA) is 96.2 Å². The third-order valence-electron chi connectivity index (χ3n) is 4.33. The first kappa shape index (κ1) is 20.3. The van der Waals surface area contributed by atoms with E-state index in [1.807, 2.05) is 13.0 Å². The number of hydrogen-bond acceptors (Lipinski definition) is 6. The van der Waals surface area contributed by atoms with Crippen molar-refractivity contribution < 1.29 is 29.6 Å². The molecule has 0 amide bonds. The first-order valence-corrected chi connectivity index (χ1v) is 8.98. The molecule has 0 bridgehead atoms. The van der Waals surface area contributed by atoms with Gasteiger partial charge in [0, 0.05) is 4.47 Å². The number of esters is 1. The van der Waals surface area contributed by atoms with E-state index in [4.69, 9.17) is 9.47 Å². The van der Waals surface area contributed by atoms with Crippen molar-refractivity contribution in [1.82, 2.24) is 0 Å². The molecule has 0 saturated heterocycles. The molecule has 0 radical (unpaired) electrons. The molecular formula is C18H25BrO6. The van der Waals surface area contributed by atoms with Crippen molar-refractivity contribution in [1.29, 1.82) is 0 Å². The number of aryl methyl sites for hydroxylation is 1. The fourth-order valence-corrected chi connectivity index (χ4v) is 3.34. The summed E-state index contributed by atoms with van der Waals surface area (Å²) in [6.45, 7) is 7.21. The maximum absolute atomic E-state index is 12.9. The standard InChI is InChI=1S/C18H25BrO6/c1-11-6-7-12(10-13(11)19)14(24-18(21,22)23)17(8-5-9-17)15(20)25-16(2,3)4/h6-7,10,14,21-23H,5,8-9H2,1-4H3. The molecule has 25 heavy (non-hydrogen) atoms. The Labute approximate surface area is 155 Å². The third kappa shape index (κ3) is 4.80. The highest BCUT2D eigenvalue weighted by atomic mass is 79.9. The molecule has 1 saturated carbocycles. The molecule has 6 nitrogen and oxygen atoms in total. The van der Waals surface area contributed by atoms with Crippen LogP contribution in [0.2, 0.25) is 0 Å². The maximum atomic E-state index is 12.9. The highest BCUT2D eigenvalue weighted by molar-refractivity contribution is 9.10. The van der Waals surface area contributed by atoms with Crippen LogP contribution in [0, 0.1) is 12.3 Å². The van der Waals surface area contributed by atoms with Gasteiger partial charge >= 0.3 is 12.1 Å². The lowest BCUT2D eigenvalue weighted by atomic mass is 9.63. The van der Waals surface area contributed by atoms with Crippen LogP contribution in [0.25, 0.3) is 0 Å². The van der Waals surface area contributed by atoms with Gasteiger partial charge in [-0.2, -0.15) is 0 Å². The van der Waals surface area contributed by atoms with Crippen molar-refractivity contribution in [2.45, 2.75) is 64.8 Å². The minimum absolute atomic E-state index is 0.466. The number of hydrogen-bond donors (Lipinski definition) is 3. The van der Waals surface area contributed by atoms with E-state index >= 15 is 0 Å². The lowest BCUT2D eigenvalue weighted by Gasteiger charge is -2.46. The Kier molecular flexibility index (Phi) is 5.66. The number of rotatable bonds is 5. The lowest BCUT2D eigenvalue weighted by Crippen LogP contribution is -2.50. The minimum Gasteiger partial charge on any atom is -0.459 e. The van der Waals surface area contributed by atoms with E-state index in [0.717, 1.165) is 16.5 Å². The third-order valence-corrected chi connectivity index (χ3v) is 5.18. The van der Waals surface area contributed by atoms with Crippen LogP contribution in [-0.4, -0.2) is 33.0 Å². The molecule has 1 aromatic rings. The number of benzene rings is 1. The maximum Gasteiger partial charge on any atom is 0.405 e. The Balaban J connectivity index is 2.45. The van der Waals surface area contributed by atoms with Gasteiger partial charge in [-0.05, 0) is 57.7 Å². The van der Waals surface area contributed by atoms with E-state index in [0.29, 0.717) is 18.4 Å². The zero-order valence-electron chi connectivity index (χ0n) is 14.9. The summed E-state index contributed by atoms with van der Waals surface area (Å²) in [4.78, 5) is 12.9. The highest BCUT2D eigenvalue weighted by Gasteiger charge is 2.55. The Bertz CT molecular complexity index is 640. The van der Waals surface area contributed by atoms with Crippen LogP contribution in [0.1, 0.15) is 57.3 Å². The summed E-state index contributed by atoms with van der Waals surface area (Å²) in [5.41, 5.74) is -0.246. The molecule has 0 aromatic heterocycles. The van der Waals surface area contributed by atoms with Crippen LogP contribution in [0.5, 0.6) is 0 Å². The predicted molar refractivity (Wildman–Crippen MR) is 94.2 cm³/mol. The molecule has 1 fully saturated rings. The molecule has 0 spiro atoms. The molecule has 0 aliphatic heterocycles. The van der Waals surface area contributed by atoms with Crippen molar-refractivity contribution in [2.75, 3.05) is 0 Å². The average molecular weight is 417 g/mol. The second kappa shape index (κ2) is 6.96. The van der Waals surface area contributed by atoms with E-state index in [2.05, 4.69) is 15.9 Å². The van der Waals surface area contributed by atoms with Gasteiger partial charge in [-0.3, -0.25) is 9.53 Å². The second-order valence-electron chi connectivity index (χ2n) is 7.59. The average Bonchev–Trinajstić information content (AvgIpc) is 2.36. The van der Waals surface area contributed by atoms with Gasteiger partial charge < -0.3 is 20.1 Å². The number of aliphatic hydroxyl groups is 3. The van der Waals surface area contributed by atoms with Crippen molar-refractivity contribution in [3.05, 3.63) is 33.8 Å². The zero-order chi connectivity index (χ0) is 19.0. The molecule has 0 heterocycles. The van der Waals surface area contributed by atoms with Gasteiger partial charge in [0.25, 0.3) is 0 Å². The summed E-state index contributed by atoms with van der Waals surface area (Å²) in [6.07, 6.45) is -2.70. The van der Waals surface area contributed by atoms with E-state index in [9.17, 15) is 20.1 Å². The molecule has 1 aromatic carbocycles. The normalized spacial score (nSPS) is 18.4. The van der Waals surface area contributed by atoms with Crippen molar-refractivity contribution >= 4 is 21.9 Å². The smallest absolute Gasteiger partial charge is 0.405 e. The molecule has 1 aliphatic rings. The van der Waals surface area contributed by atoms with E-state index in [-0.39, 0.29) is 0 Å². The quantitative estimate of drug-likeness (QED) is 0.504. The van der Waals surface area contributed by atoms with Gasteiger partial charge in [0.05, 0.1) is 5.41 Å². The number of carbonyl (C=O) groups excluding carboxylic acids is 1. The molecule has 1 aliphatic carbocycles. The van der Waals surface area contributed by atoms with Gasteiger partial charge in [0.1, 0.15) is 11.7 Å². The van der Waals surface area contributed by atoms with E-state index in [1.54, 1.807) is 32.9 Å². The molecule has 140 valence electrons. The zero-order valence-corrected chi connectivity index (χ0v) is 16.5. The first-order valence-electron chi connectivity index (χ1n) is 8.18. The molecule has 7 heteroatoms. The second-order valence-corrected chi connectivity index (χ2v) is 8.45. The Morgan fingerprint density at radius 3 is 2.24 bits per heavy atom. The van der Waals surface area contributed by atoms with Crippen LogP contribution in [-0.2, 0) is 14.3 Å². The van der Waals surface area contributed by atoms with Gasteiger partial charge in [0.15, 0.2) is 0 Å². The van der Waals surface area contributed by atoms with Gasteiger partial charge in [-0.15, -0.1) is 0 Å². The van der Waals surface area contributed by atoms with Crippen LogP contribution >= 0.6 is 15.9 Å². The van der Waals surface area contributed by atoms with Gasteiger partial charge in [0.2, 0.25) is 0 Å². The molecular weight excluding hydrogens is 392 g/mol. The van der Waals surface area contributed by atoms with Crippen molar-refractivity contribution in [3.8, 4) is 0 Å². The SMILES string of the molecule is Cc1ccc(C(OC(O)(O)O)C2(C(=O)OC(C)(C)C)CCC2)cc1Br. The van der Waals surface area contributed by atoms with Crippen molar-refractivity contribution in [2.24, 2.45) is 5.41 Å². The van der Waals surface area contributed by atoms with Crippen LogP contribution in [0.15, 0.2) is 22.7 Å². The lowest BCUT2D eigenvalue weighted by molar-refractivity contribution is -0.475. The number of halogens is 1. The van der Waals surface area contributed by atoms with E-state index < -0.39 is 29.2 Å². The molecule has 1 unspecified atom stereocenters. The summed E-state index contributed by atoms with van der Waals surface area (Å²) in [7, 11) is 0. The summed E-state index contributed by atoms with van der Waals surface area (Å²) in [6, 6.07) is 5.31. The van der Waals surface area contributed by atoms with Crippen LogP contribution < -0.4 is 0 Å². The predicted octanol–water partition coefficient (Wildman–Crippen LogP) is 2.92. The summed E-state index contributed by atoms with van der Waals surface area (Å²) < 4.78 is 11.4. The minimum atomic E-state index is -3.35.